The molecule has 0 heterocycles. The Morgan fingerprint density at radius 2 is 1.59 bits per heavy atom. The summed E-state index contributed by atoms with van der Waals surface area (Å²) in [4.78, 5) is 37.6. The lowest BCUT2D eigenvalue weighted by atomic mass is 10.0. The van der Waals surface area contributed by atoms with Gasteiger partial charge >= 0.3 is 5.97 Å². The van der Waals surface area contributed by atoms with E-state index >= 15 is 0 Å². The van der Waals surface area contributed by atoms with Crippen LogP contribution in [-0.2, 0) is 9.59 Å². The third-order valence-corrected chi connectivity index (χ3v) is 4.09. The van der Waals surface area contributed by atoms with E-state index < -0.39 is 12.0 Å². The SMILES string of the molecule is CCCN(CC(=O)O)C(=O)CC(NC(=O)c1ccccc1)c1ccccc1. The van der Waals surface area contributed by atoms with Gasteiger partial charge < -0.3 is 15.3 Å². The fourth-order valence-electron chi connectivity index (χ4n) is 2.80. The predicted octanol–water partition coefficient (Wildman–Crippen LogP) is 2.87. The maximum Gasteiger partial charge on any atom is 0.323 e. The molecule has 0 fully saturated rings. The number of carbonyl (C=O) groups is 3. The van der Waals surface area contributed by atoms with Crippen LogP contribution in [0.2, 0.25) is 0 Å². The molecule has 0 radical (unpaired) electrons. The molecule has 2 rings (SSSR count). The number of hydrogen-bond acceptors (Lipinski definition) is 3. The third kappa shape index (κ3) is 6.26. The number of amides is 2. The zero-order valence-corrected chi connectivity index (χ0v) is 15.3. The highest BCUT2D eigenvalue weighted by molar-refractivity contribution is 5.94. The van der Waals surface area contributed by atoms with Crippen molar-refractivity contribution in [2.75, 3.05) is 13.1 Å². The Balaban J connectivity index is 2.18. The molecule has 2 amide bonds. The molecule has 0 spiro atoms. The zero-order chi connectivity index (χ0) is 19.6. The maximum atomic E-state index is 12.7. The number of aliphatic carboxylic acids is 1. The van der Waals surface area contributed by atoms with Crippen LogP contribution in [0.3, 0.4) is 0 Å². The van der Waals surface area contributed by atoms with E-state index in [1.54, 1.807) is 24.3 Å². The van der Waals surface area contributed by atoms with E-state index in [2.05, 4.69) is 5.32 Å². The smallest absolute Gasteiger partial charge is 0.323 e. The number of rotatable bonds is 9. The minimum absolute atomic E-state index is 0.00410. The molecule has 0 bridgehead atoms. The summed E-state index contributed by atoms with van der Waals surface area (Å²) in [7, 11) is 0. The molecule has 142 valence electrons. The Hall–Kier alpha value is -3.15. The van der Waals surface area contributed by atoms with Crippen LogP contribution in [0.25, 0.3) is 0 Å². The average molecular weight is 368 g/mol. The van der Waals surface area contributed by atoms with Gasteiger partial charge in [-0.15, -0.1) is 0 Å². The number of hydrogen-bond donors (Lipinski definition) is 2. The van der Waals surface area contributed by atoms with Crippen LogP contribution >= 0.6 is 0 Å². The lowest BCUT2D eigenvalue weighted by Crippen LogP contribution is -2.39. The van der Waals surface area contributed by atoms with Crippen molar-refractivity contribution < 1.29 is 19.5 Å². The first kappa shape index (κ1) is 20.2. The van der Waals surface area contributed by atoms with Gasteiger partial charge in [-0.1, -0.05) is 55.5 Å². The number of carbonyl (C=O) groups excluding carboxylic acids is 2. The molecule has 27 heavy (non-hydrogen) atoms. The second kappa shape index (κ2) is 10.1. The first-order valence-electron chi connectivity index (χ1n) is 8.91. The summed E-state index contributed by atoms with van der Waals surface area (Å²) in [5.41, 5.74) is 1.30. The second-order valence-corrected chi connectivity index (χ2v) is 6.22. The van der Waals surface area contributed by atoms with Crippen molar-refractivity contribution >= 4 is 17.8 Å². The van der Waals surface area contributed by atoms with Gasteiger partial charge in [-0.3, -0.25) is 14.4 Å². The van der Waals surface area contributed by atoms with Gasteiger partial charge in [0, 0.05) is 12.1 Å². The van der Waals surface area contributed by atoms with Gasteiger partial charge in [-0.25, -0.2) is 0 Å². The first-order chi connectivity index (χ1) is 13.0. The third-order valence-electron chi connectivity index (χ3n) is 4.09. The summed E-state index contributed by atoms with van der Waals surface area (Å²) in [6.07, 6.45) is 0.654. The van der Waals surface area contributed by atoms with Crippen molar-refractivity contribution in [2.45, 2.75) is 25.8 Å². The van der Waals surface area contributed by atoms with Crippen LogP contribution in [0.5, 0.6) is 0 Å². The van der Waals surface area contributed by atoms with Crippen molar-refractivity contribution in [1.29, 1.82) is 0 Å². The predicted molar refractivity (Wildman–Crippen MR) is 102 cm³/mol. The Morgan fingerprint density at radius 1 is 1.00 bits per heavy atom. The van der Waals surface area contributed by atoms with Gasteiger partial charge in [0.25, 0.3) is 5.91 Å². The second-order valence-electron chi connectivity index (χ2n) is 6.22. The summed E-state index contributed by atoms with van der Waals surface area (Å²) in [5.74, 6) is -1.64. The standard InChI is InChI=1S/C21H24N2O4/c1-2-13-23(15-20(25)26)19(24)14-18(16-9-5-3-6-10-16)22-21(27)17-11-7-4-8-12-17/h3-12,18H,2,13-15H2,1H3,(H,22,27)(H,25,26). The van der Waals surface area contributed by atoms with Gasteiger partial charge in [-0.05, 0) is 24.1 Å². The lowest BCUT2D eigenvalue weighted by molar-refractivity contribution is -0.144. The molecule has 1 atom stereocenters. The maximum absolute atomic E-state index is 12.7. The zero-order valence-electron chi connectivity index (χ0n) is 15.3. The Bertz CT molecular complexity index is 762. The molecule has 6 heteroatoms. The highest BCUT2D eigenvalue weighted by Gasteiger charge is 2.23. The molecular weight excluding hydrogens is 344 g/mol. The van der Waals surface area contributed by atoms with Crippen LogP contribution < -0.4 is 5.32 Å². The monoisotopic (exact) mass is 368 g/mol. The summed E-state index contributed by atoms with van der Waals surface area (Å²) in [5, 5.41) is 11.9. The summed E-state index contributed by atoms with van der Waals surface area (Å²) < 4.78 is 0. The van der Waals surface area contributed by atoms with Crippen molar-refractivity contribution in [1.82, 2.24) is 10.2 Å². The van der Waals surface area contributed by atoms with E-state index in [4.69, 9.17) is 5.11 Å². The summed E-state index contributed by atoms with van der Waals surface area (Å²) in [6.45, 7) is 1.90. The van der Waals surface area contributed by atoms with E-state index in [1.165, 1.54) is 4.90 Å². The molecule has 0 aliphatic rings. The van der Waals surface area contributed by atoms with Crippen LogP contribution in [0, 0.1) is 0 Å². The normalized spacial score (nSPS) is 11.4. The van der Waals surface area contributed by atoms with E-state index in [9.17, 15) is 14.4 Å². The molecule has 0 aliphatic carbocycles. The molecule has 2 N–H and O–H groups in total. The van der Waals surface area contributed by atoms with Crippen molar-refractivity contribution in [3.63, 3.8) is 0 Å². The van der Waals surface area contributed by atoms with Gasteiger partial charge in [0.15, 0.2) is 0 Å². The largest absolute Gasteiger partial charge is 0.480 e. The van der Waals surface area contributed by atoms with Crippen molar-refractivity contribution in [3.05, 3.63) is 71.8 Å². The molecule has 0 aromatic heterocycles. The molecule has 2 aromatic rings. The van der Waals surface area contributed by atoms with Crippen molar-refractivity contribution in [3.8, 4) is 0 Å². The molecule has 0 aliphatic heterocycles. The quantitative estimate of drug-likeness (QED) is 0.712. The molecule has 0 saturated carbocycles. The Labute approximate surface area is 158 Å². The van der Waals surface area contributed by atoms with Gasteiger partial charge in [0.1, 0.15) is 6.54 Å². The summed E-state index contributed by atoms with van der Waals surface area (Å²) >= 11 is 0. The number of benzene rings is 2. The number of carboxylic acid groups (broad SMARTS) is 1. The fraction of sp³-hybridized carbons (Fsp3) is 0.286. The van der Waals surface area contributed by atoms with Gasteiger partial charge in [0.2, 0.25) is 5.91 Å². The number of nitrogens with zero attached hydrogens (tertiary/aromatic N) is 1. The Kier molecular flexibility index (Phi) is 7.55. The van der Waals surface area contributed by atoms with Crippen molar-refractivity contribution in [2.24, 2.45) is 0 Å². The van der Waals surface area contributed by atoms with Gasteiger partial charge in [0.05, 0.1) is 12.5 Å². The van der Waals surface area contributed by atoms with Gasteiger partial charge in [-0.2, -0.15) is 0 Å². The highest BCUT2D eigenvalue weighted by Crippen LogP contribution is 2.19. The highest BCUT2D eigenvalue weighted by atomic mass is 16.4. The average Bonchev–Trinajstić information content (AvgIpc) is 2.68. The van der Waals surface area contributed by atoms with E-state index in [0.29, 0.717) is 18.5 Å². The number of carboxylic acids is 1. The van der Waals surface area contributed by atoms with E-state index in [1.807, 2.05) is 43.3 Å². The van der Waals surface area contributed by atoms with Crippen LogP contribution in [-0.4, -0.2) is 40.9 Å². The molecular formula is C21H24N2O4. The van der Waals surface area contributed by atoms with Crippen LogP contribution in [0.4, 0.5) is 0 Å². The van der Waals surface area contributed by atoms with E-state index in [0.717, 1.165) is 5.56 Å². The van der Waals surface area contributed by atoms with E-state index in [-0.39, 0.29) is 24.8 Å². The Morgan fingerprint density at radius 3 is 2.15 bits per heavy atom. The molecule has 0 saturated heterocycles. The molecule has 6 nitrogen and oxygen atoms in total. The molecule has 2 aromatic carbocycles. The minimum Gasteiger partial charge on any atom is -0.480 e. The fourth-order valence-corrected chi connectivity index (χ4v) is 2.80. The topological polar surface area (TPSA) is 86.7 Å². The minimum atomic E-state index is -1.05. The molecule has 1 unspecified atom stereocenters. The van der Waals surface area contributed by atoms with Crippen LogP contribution in [0.1, 0.15) is 41.7 Å². The summed E-state index contributed by atoms with van der Waals surface area (Å²) in [6, 6.07) is 17.4. The first-order valence-corrected chi connectivity index (χ1v) is 8.91. The lowest BCUT2D eigenvalue weighted by Gasteiger charge is -2.24. The number of nitrogens with one attached hydrogen (secondary N) is 1. The van der Waals surface area contributed by atoms with Crippen LogP contribution in [0.15, 0.2) is 60.7 Å².